The van der Waals surface area contributed by atoms with E-state index in [1.807, 2.05) is 0 Å². The summed E-state index contributed by atoms with van der Waals surface area (Å²) in [6, 6.07) is 0. The number of aromatic nitrogens is 1. The number of nitrogens with zero attached hydrogens (tertiary/aromatic N) is 2. The molecule has 80 valence electrons. The molecule has 0 aliphatic rings. The largest absolute Gasteiger partial charge is 0.791 e. The van der Waals surface area contributed by atoms with Gasteiger partial charge in [0.05, 0.1) is 0 Å². The number of thiazole rings is 1. The second-order valence-corrected chi connectivity index (χ2v) is 3.29. The maximum Gasteiger partial charge on any atom is 0.358 e. The van der Waals surface area contributed by atoms with E-state index in [1.165, 1.54) is 11.5 Å². The van der Waals surface area contributed by atoms with Crippen LogP contribution >= 0.6 is 11.3 Å². The third-order valence-electron chi connectivity index (χ3n) is 1.38. The van der Waals surface area contributed by atoms with Gasteiger partial charge in [0.1, 0.15) is 12.3 Å². The first-order chi connectivity index (χ1) is 7.19. The molecule has 7 heteroatoms. The number of nitrogens with two attached hydrogens (primary N) is 1. The van der Waals surface area contributed by atoms with E-state index in [9.17, 15) is 10.0 Å². The Morgan fingerprint density at radius 1 is 1.87 bits per heavy atom. The van der Waals surface area contributed by atoms with Crippen LogP contribution in [-0.2, 0) is 9.53 Å². The zero-order valence-corrected chi connectivity index (χ0v) is 8.49. The molecular formula is C8H8N3O3S-. The van der Waals surface area contributed by atoms with Gasteiger partial charge in [-0.15, -0.1) is 11.3 Å². The predicted octanol–water partition coefficient (Wildman–Crippen LogP) is 0.741. The number of ether oxygens (including phenoxy) is 1. The van der Waals surface area contributed by atoms with Gasteiger partial charge in [-0.1, -0.05) is 12.7 Å². The van der Waals surface area contributed by atoms with Crippen molar-refractivity contribution >= 4 is 28.1 Å². The van der Waals surface area contributed by atoms with Gasteiger partial charge in [-0.05, 0) is 0 Å². The Bertz CT molecular complexity index is 400. The molecule has 0 saturated carbocycles. The van der Waals surface area contributed by atoms with Crippen molar-refractivity contribution in [2.24, 2.45) is 5.16 Å². The summed E-state index contributed by atoms with van der Waals surface area (Å²) in [6.45, 7) is 3.38. The van der Waals surface area contributed by atoms with Crippen LogP contribution in [0.3, 0.4) is 0 Å². The van der Waals surface area contributed by atoms with Gasteiger partial charge >= 0.3 is 5.97 Å². The number of rotatable bonds is 4. The third kappa shape index (κ3) is 2.78. The van der Waals surface area contributed by atoms with Crippen molar-refractivity contribution in [1.29, 1.82) is 0 Å². The number of carbonyl (C=O) groups is 1. The lowest BCUT2D eigenvalue weighted by molar-refractivity contribution is -0.134. The maximum atomic E-state index is 11.3. The Morgan fingerprint density at radius 3 is 3.07 bits per heavy atom. The lowest BCUT2D eigenvalue weighted by Gasteiger charge is -2.04. The van der Waals surface area contributed by atoms with Crippen molar-refractivity contribution in [3.05, 3.63) is 28.9 Å². The Morgan fingerprint density at radius 2 is 2.60 bits per heavy atom. The molecule has 1 heterocycles. The molecule has 0 unspecified atom stereocenters. The van der Waals surface area contributed by atoms with Gasteiger partial charge in [-0.25, -0.2) is 9.78 Å². The van der Waals surface area contributed by atoms with Crippen LogP contribution in [0.2, 0.25) is 0 Å². The molecule has 6 nitrogen and oxygen atoms in total. The zero-order chi connectivity index (χ0) is 11.3. The van der Waals surface area contributed by atoms with Gasteiger partial charge in [-0.2, -0.15) is 0 Å². The van der Waals surface area contributed by atoms with E-state index in [0.717, 1.165) is 11.3 Å². The third-order valence-corrected chi connectivity index (χ3v) is 2.06. The van der Waals surface area contributed by atoms with Gasteiger partial charge in [0.2, 0.25) is 0 Å². The SMILES string of the molecule is C=CCOC(=O)C(=N[O-])c1csc(N)n1. The van der Waals surface area contributed by atoms with Gasteiger partial charge < -0.3 is 20.8 Å². The summed E-state index contributed by atoms with van der Waals surface area (Å²) in [5.41, 5.74) is 5.10. The van der Waals surface area contributed by atoms with E-state index in [2.05, 4.69) is 21.5 Å². The first kappa shape index (κ1) is 11.2. The molecule has 0 bridgehead atoms. The summed E-state index contributed by atoms with van der Waals surface area (Å²) in [4.78, 5) is 15.0. The maximum absolute atomic E-state index is 11.3. The number of esters is 1. The predicted molar refractivity (Wildman–Crippen MR) is 57.6 cm³/mol. The highest BCUT2D eigenvalue weighted by molar-refractivity contribution is 7.13. The van der Waals surface area contributed by atoms with Gasteiger partial charge in [0.25, 0.3) is 0 Å². The monoisotopic (exact) mass is 226 g/mol. The van der Waals surface area contributed by atoms with Crippen molar-refractivity contribution in [2.45, 2.75) is 0 Å². The fourth-order valence-electron chi connectivity index (χ4n) is 0.788. The van der Waals surface area contributed by atoms with Crippen LogP contribution in [0.5, 0.6) is 0 Å². The van der Waals surface area contributed by atoms with Crippen molar-refractivity contribution in [2.75, 3.05) is 12.3 Å². The molecule has 0 aliphatic heterocycles. The quantitative estimate of drug-likeness (QED) is 0.353. The minimum absolute atomic E-state index is 0.0114. The minimum Gasteiger partial charge on any atom is -0.791 e. The Balaban J connectivity index is 2.81. The molecule has 1 aromatic heterocycles. The van der Waals surface area contributed by atoms with Crippen LogP contribution in [-0.4, -0.2) is 23.3 Å². The van der Waals surface area contributed by atoms with Gasteiger partial charge in [-0.3, -0.25) is 0 Å². The Hall–Kier alpha value is -1.89. The highest BCUT2D eigenvalue weighted by Gasteiger charge is 2.16. The van der Waals surface area contributed by atoms with Crippen LogP contribution in [0.15, 0.2) is 23.2 Å². The van der Waals surface area contributed by atoms with E-state index >= 15 is 0 Å². The molecule has 0 fully saturated rings. The Labute approximate surface area is 89.7 Å². The van der Waals surface area contributed by atoms with Crippen molar-refractivity contribution < 1.29 is 9.53 Å². The summed E-state index contributed by atoms with van der Waals surface area (Å²) in [6.07, 6.45) is 1.38. The summed E-state index contributed by atoms with van der Waals surface area (Å²) < 4.78 is 4.64. The molecule has 0 atom stereocenters. The zero-order valence-electron chi connectivity index (χ0n) is 7.67. The second kappa shape index (κ2) is 5.11. The fourth-order valence-corrected chi connectivity index (χ4v) is 1.34. The molecular weight excluding hydrogens is 218 g/mol. The molecule has 0 amide bonds. The topological polar surface area (TPSA) is 101 Å². The molecule has 0 aliphatic carbocycles. The normalized spacial score (nSPS) is 11.1. The summed E-state index contributed by atoms with van der Waals surface area (Å²) >= 11 is 1.11. The molecule has 15 heavy (non-hydrogen) atoms. The van der Waals surface area contributed by atoms with E-state index in [0.29, 0.717) is 0 Å². The first-order valence-corrected chi connectivity index (χ1v) is 4.76. The smallest absolute Gasteiger partial charge is 0.358 e. The van der Waals surface area contributed by atoms with Gasteiger partial charge in [0, 0.05) is 5.38 Å². The molecule has 2 N–H and O–H groups in total. The average molecular weight is 226 g/mol. The lowest BCUT2D eigenvalue weighted by Crippen LogP contribution is -2.19. The number of nitrogen functional groups attached to an aromatic ring is 1. The summed E-state index contributed by atoms with van der Waals surface area (Å²) in [7, 11) is 0. The molecule has 0 saturated heterocycles. The number of hydrogen-bond donors (Lipinski definition) is 1. The lowest BCUT2D eigenvalue weighted by atomic mass is 10.3. The summed E-state index contributed by atoms with van der Waals surface area (Å²) in [5, 5.41) is 14.7. The van der Waals surface area contributed by atoms with Crippen LogP contribution in [0.1, 0.15) is 5.69 Å². The van der Waals surface area contributed by atoms with E-state index in [1.54, 1.807) is 0 Å². The average Bonchev–Trinajstić information content (AvgIpc) is 2.63. The van der Waals surface area contributed by atoms with Crippen LogP contribution < -0.4 is 5.73 Å². The highest BCUT2D eigenvalue weighted by atomic mass is 32.1. The molecule has 1 aromatic rings. The number of hydrogen-bond acceptors (Lipinski definition) is 7. The summed E-state index contributed by atoms with van der Waals surface area (Å²) in [5.74, 6) is -0.838. The molecule has 0 radical (unpaired) electrons. The fraction of sp³-hybridized carbons (Fsp3) is 0.125. The number of carbonyl (C=O) groups excluding carboxylic acids is 1. The second-order valence-electron chi connectivity index (χ2n) is 2.40. The Kier molecular flexibility index (Phi) is 3.81. The first-order valence-electron chi connectivity index (χ1n) is 3.88. The van der Waals surface area contributed by atoms with E-state index in [4.69, 9.17) is 5.73 Å². The minimum atomic E-state index is -0.838. The van der Waals surface area contributed by atoms with Crippen LogP contribution in [0, 0.1) is 5.21 Å². The van der Waals surface area contributed by atoms with E-state index in [-0.39, 0.29) is 23.1 Å². The number of anilines is 1. The standard InChI is InChI=1S/C8H9N3O3S/c1-2-3-14-7(12)6(11-13)5-4-15-8(9)10-5/h2,4,13H,1,3H2,(H2,9,10)/p-1. The molecule has 1 rings (SSSR count). The van der Waals surface area contributed by atoms with Crippen molar-refractivity contribution in [1.82, 2.24) is 4.98 Å². The van der Waals surface area contributed by atoms with Crippen molar-refractivity contribution in [3.8, 4) is 0 Å². The van der Waals surface area contributed by atoms with Crippen LogP contribution in [0.4, 0.5) is 5.13 Å². The van der Waals surface area contributed by atoms with Gasteiger partial charge in [0.15, 0.2) is 10.8 Å². The highest BCUT2D eigenvalue weighted by Crippen LogP contribution is 2.12. The molecule has 0 aromatic carbocycles. The van der Waals surface area contributed by atoms with E-state index < -0.39 is 5.97 Å². The molecule has 0 spiro atoms. The van der Waals surface area contributed by atoms with Crippen molar-refractivity contribution in [3.63, 3.8) is 0 Å². The van der Waals surface area contributed by atoms with Crippen LogP contribution in [0.25, 0.3) is 0 Å².